The molecule has 0 saturated heterocycles. The van der Waals surface area contributed by atoms with Gasteiger partial charge in [-0.05, 0) is 29.8 Å². The molecule has 0 amide bonds. The number of rotatable bonds is 4. The fourth-order valence-corrected chi connectivity index (χ4v) is 1.82. The zero-order valence-electron chi connectivity index (χ0n) is 10.3. The van der Waals surface area contributed by atoms with Crippen LogP contribution in [0.25, 0.3) is 0 Å². The van der Waals surface area contributed by atoms with Crippen molar-refractivity contribution in [3.63, 3.8) is 0 Å². The largest absolute Gasteiger partial charge is 0.496 e. The van der Waals surface area contributed by atoms with Crippen LogP contribution < -0.4 is 4.74 Å². The minimum absolute atomic E-state index is 0.00241. The Morgan fingerprint density at radius 1 is 1.11 bits per heavy atom. The highest BCUT2D eigenvalue weighted by Crippen LogP contribution is 2.23. The van der Waals surface area contributed by atoms with Crippen molar-refractivity contribution in [3.05, 3.63) is 65.2 Å². The van der Waals surface area contributed by atoms with Gasteiger partial charge in [-0.25, -0.2) is 8.78 Å². The fourth-order valence-electron chi connectivity index (χ4n) is 1.82. The van der Waals surface area contributed by atoms with Crippen molar-refractivity contribution in [2.45, 2.75) is 6.42 Å². The second-order valence-electron chi connectivity index (χ2n) is 4.04. The molecule has 19 heavy (non-hydrogen) atoms. The van der Waals surface area contributed by atoms with Crippen molar-refractivity contribution in [2.75, 3.05) is 7.11 Å². The number of Topliss-reactive ketones (excluding diaryl/α,β-unsaturated/α-hetero) is 1. The molecule has 0 aromatic heterocycles. The van der Waals surface area contributed by atoms with Crippen molar-refractivity contribution < 1.29 is 18.3 Å². The molecule has 2 nitrogen and oxygen atoms in total. The molecule has 0 aliphatic rings. The van der Waals surface area contributed by atoms with Crippen LogP contribution in [-0.2, 0) is 6.42 Å². The summed E-state index contributed by atoms with van der Waals surface area (Å²) in [6, 6.07) is 9.74. The van der Waals surface area contributed by atoms with Crippen LogP contribution in [0.1, 0.15) is 15.9 Å². The van der Waals surface area contributed by atoms with Gasteiger partial charge in [0.25, 0.3) is 0 Å². The van der Waals surface area contributed by atoms with Crippen LogP contribution in [0.15, 0.2) is 42.5 Å². The van der Waals surface area contributed by atoms with Crippen molar-refractivity contribution in [2.24, 2.45) is 0 Å². The molecule has 0 fully saturated rings. The highest BCUT2D eigenvalue weighted by Gasteiger charge is 2.17. The lowest BCUT2D eigenvalue weighted by Gasteiger charge is -2.08. The Hall–Kier alpha value is -2.23. The molecule has 0 radical (unpaired) electrons. The van der Waals surface area contributed by atoms with E-state index >= 15 is 0 Å². The van der Waals surface area contributed by atoms with Gasteiger partial charge in [-0.15, -0.1) is 0 Å². The lowest BCUT2D eigenvalue weighted by molar-refractivity contribution is 0.0986. The lowest BCUT2D eigenvalue weighted by atomic mass is 10.0. The first-order chi connectivity index (χ1) is 9.11. The monoisotopic (exact) mass is 262 g/mol. The zero-order valence-corrected chi connectivity index (χ0v) is 10.3. The first-order valence-electron chi connectivity index (χ1n) is 5.72. The molecular weight excluding hydrogens is 250 g/mol. The molecule has 2 aromatic rings. The van der Waals surface area contributed by atoms with Gasteiger partial charge in [-0.1, -0.05) is 18.2 Å². The van der Waals surface area contributed by atoms with Crippen LogP contribution >= 0.6 is 0 Å². The summed E-state index contributed by atoms with van der Waals surface area (Å²) in [5.41, 5.74) is 0.547. The maximum absolute atomic E-state index is 13.7. The van der Waals surface area contributed by atoms with E-state index in [2.05, 4.69) is 0 Å². The molecule has 0 heterocycles. The molecule has 0 saturated carbocycles. The molecule has 0 bridgehead atoms. The van der Waals surface area contributed by atoms with E-state index in [-0.39, 0.29) is 23.6 Å². The van der Waals surface area contributed by atoms with E-state index in [9.17, 15) is 13.6 Å². The topological polar surface area (TPSA) is 26.3 Å². The van der Waals surface area contributed by atoms with Crippen molar-refractivity contribution in [1.29, 1.82) is 0 Å². The molecule has 0 unspecified atom stereocenters. The van der Waals surface area contributed by atoms with E-state index in [1.165, 1.54) is 49.6 Å². The maximum Gasteiger partial charge on any atom is 0.173 e. The molecule has 0 aliphatic carbocycles. The number of ether oxygens (including phenoxy) is 1. The summed E-state index contributed by atoms with van der Waals surface area (Å²) in [6.07, 6.45) is -0.00241. The van der Waals surface area contributed by atoms with Gasteiger partial charge in [0.2, 0.25) is 0 Å². The minimum Gasteiger partial charge on any atom is -0.496 e. The van der Waals surface area contributed by atoms with Gasteiger partial charge in [0.05, 0.1) is 12.7 Å². The van der Waals surface area contributed by atoms with Crippen LogP contribution in [0.4, 0.5) is 8.78 Å². The van der Waals surface area contributed by atoms with Crippen LogP contribution in [0.2, 0.25) is 0 Å². The van der Waals surface area contributed by atoms with Crippen molar-refractivity contribution in [3.8, 4) is 5.75 Å². The van der Waals surface area contributed by atoms with Crippen LogP contribution in [0, 0.1) is 11.6 Å². The number of hydrogen-bond acceptors (Lipinski definition) is 2. The number of hydrogen-bond donors (Lipinski definition) is 0. The standard InChI is InChI=1S/C15H12F2O2/c1-19-14-4-2-3-12(17)15(14)13(18)9-10-5-7-11(16)8-6-10/h2-8H,9H2,1H3. The summed E-state index contributed by atoms with van der Waals surface area (Å²) in [7, 11) is 1.38. The maximum atomic E-state index is 13.7. The van der Waals surface area contributed by atoms with E-state index in [0.29, 0.717) is 5.56 Å². The van der Waals surface area contributed by atoms with Gasteiger partial charge in [-0.2, -0.15) is 0 Å². The van der Waals surface area contributed by atoms with Gasteiger partial charge < -0.3 is 4.74 Å². The van der Waals surface area contributed by atoms with Crippen molar-refractivity contribution in [1.82, 2.24) is 0 Å². The van der Waals surface area contributed by atoms with Crippen LogP contribution in [-0.4, -0.2) is 12.9 Å². The summed E-state index contributed by atoms with van der Waals surface area (Å²) < 4.78 is 31.4. The normalized spacial score (nSPS) is 10.3. The predicted molar refractivity (Wildman–Crippen MR) is 67.4 cm³/mol. The average Bonchev–Trinajstić information content (AvgIpc) is 2.40. The van der Waals surface area contributed by atoms with Gasteiger partial charge in [0.15, 0.2) is 5.78 Å². The Balaban J connectivity index is 2.27. The third-order valence-corrected chi connectivity index (χ3v) is 2.75. The highest BCUT2D eigenvalue weighted by atomic mass is 19.1. The second kappa shape index (κ2) is 5.61. The zero-order chi connectivity index (χ0) is 13.8. The van der Waals surface area contributed by atoms with E-state index in [4.69, 9.17) is 4.74 Å². The van der Waals surface area contributed by atoms with Gasteiger partial charge >= 0.3 is 0 Å². The summed E-state index contributed by atoms with van der Waals surface area (Å²) in [5.74, 6) is -1.19. The Morgan fingerprint density at radius 2 is 1.79 bits per heavy atom. The fraction of sp³-hybridized carbons (Fsp3) is 0.133. The highest BCUT2D eigenvalue weighted by molar-refractivity contribution is 6.00. The average molecular weight is 262 g/mol. The molecule has 4 heteroatoms. The third kappa shape index (κ3) is 2.96. The van der Waals surface area contributed by atoms with Gasteiger partial charge in [0, 0.05) is 6.42 Å². The van der Waals surface area contributed by atoms with Gasteiger partial charge in [0.1, 0.15) is 17.4 Å². The van der Waals surface area contributed by atoms with E-state index in [1.54, 1.807) is 0 Å². The Kier molecular flexibility index (Phi) is 3.90. The first kappa shape index (κ1) is 13.2. The van der Waals surface area contributed by atoms with Gasteiger partial charge in [-0.3, -0.25) is 4.79 Å². The summed E-state index contributed by atoms with van der Waals surface area (Å²) >= 11 is 0. The molecule has 0 spiro atoms. The third-order valence-electron chi connectivity index (χ3n) is 2.75. The quantitative estimate of drug-likeness (QED) is 0.789. The molecular formula is C15H12F2O2. The lowest BCUT2D eigenvalue weighted by Crippen LogP contribution is -2.08. The molecule has 2 aromatic carbocycles. The summed E-state index contributed by atoms with van der Waals surface area (Å²) in [5, 5.41) is 0. The predicted octanol–water partition coefficient (Wildman–Crippen LogP) is 3.40. The van der Waals surface area contributed by atoms with Crippen LogP contribution in [0.5, 0.6) is 5.75 Å². The molecule has 2 rings (SSSR count). The Bertz CT molecular complexity index is 592. The van der Waals surface area contributed by atoms with Crippen molar-refractivity contribution >= 4 is 5.78 Å². The number of halogens is 2. The molecule has 0 aliphatic heterocycles. The Morgan fingerprint density at radius 3 is 2.42 bits per heavy atom. The summed E-state index contributed by atoms with van der Waals surface area (Å²) in [6.45, 7) is 0. The number of carbonyl (C=O) groups excluding carboxylic acids is 1. The SMILES string of the molecule is COc1cccc(F)c1C(=O)Cc1ccc(F)cc1. The van der Waals surface area contributed by atoms with Crippen LogP contribution in [0.3, 0.4) is 0 Å². The first-order valence-corrected chi connectivity index (χ1v) is 5.72. The number of ketones is 1. The van der Waals surface area contributed by atoms with E-state index in [0.717, 1.165) is 0 Å². The number of benzene rings is 2. The number of methoxy groups -OCH3 is 1. The Labute approximate surface area is 109 Å². The second-order valence-corrected chi connectivity index (χ2v) is 4.04. The molecule has 0 atom stereocenters. The van der Waals surface area contributed by atoms with E-state index in [1.807, 2.05) is 0 Å². The summed E-state index contributed by atoms with van der Waals surface area (Å²) in [4.78, 5) is 12.1. The molecule has 98 valence electrons. The molecule has 0 N–H and O–H groups in total. The number of carbonyl (C=O) groups is 1. The minimum atomic E-state index is -0.619. The van der Waals surface area contributed by atoms with E-state index < -0.39 is 11.6 Å². The smallest absolute Gasteiger partial charge is 0.173 e.